The van der Waals surface area contributed by atoms with Crippen LogP contribution in [0.1, 0.15) is 37.3 Å². The average Bonchev–Trinajstić information content (AvgIpc) is 2.76. The first-order valence-corrected chi connectivity index (χ1v) is 11.0. The number of hydrogen-bond acceptors (Lipinski definition) is 5. The molecule has 0 bridgehead atoms. The number of aryl methyl sites for hydroxylation is 3. The van der Waals surface area contributed by atoms with E-state index in [-0.39, 0.29) is 11.3 Å². The van der Waals surface area contributed by atoms with E-state index in [4.69, 9.17) is 0 Å². The summed E-state index contributed by atoms with van der Waals surface area (Å²) in [5.41, 5.74) is 3.37. The summed E-state index contributed by atoms with van der Waals surface area (Å²) in [6.07, 6.45) is 10.7. The molecule has 0 radical (unpaired) electrons. The van der Waals surface area contributed by atoms with E-state index in [1.165, 1.54) is 4.57 Å². The van der Waals surface area contributed by atoms with Crippen LogP contribution in [0.15, 0.2) is 46.1 Å². The molecule has 0 unspecified atom stereocenters. The lowest BCUT2D eigenvalue weighted by Crippen LogP contribution is -2.39. The zero-order chi connectivity index (χ0) is 22.0. The third kappa shape index (κ3) is 4.17. The maximum atomic E-state index is 13.3. The SMILES string of the molecule is CCCCn1c2nc(=O)n(CCCN3C=CC=CC3)c(=O)c-2nc2cc(C)c(C)cc21. The van der Waals surface area contributed by atoms with E-state index in [1.807, 2.05) is 35.9 Å². The third-order valence-corrected chi connectivity index (χ3v) is 5.91. The highest BCUT2D eigenvalue weighted by Gasteiger charge is 2.21. The molecular weight excluding hydrogens is 390 g/mol. The topological polar surface area (TPSA) is 73.0 Å². The van der Waals surface area contributed by atoms with Gasteiger partial charge in [-0.25, -0.2) is 9.78 Å². The summed E-state index contributed by atoms with van der Waals surface area (Å²) in [5, 5.41) is 0. The van der Waals surface area contributed by atoms with Crippen molar-refractivity contribution in [1.82, 2.24) is 24.0 Å². The lowest BCUT2D eigenvalue weighted by molar-refractivity contribution is 0.385. The first-order valence-electron chi connectivity index (χ1n) is 11.0. The Morgan fingerprint density at radius 1 is 0.935 bits per heavy atom. The number of hydrogen-bond donors (Lipinski definition) is 0. The van der Waals surface area contributed by atoms with Gasteiger partial charge in [0.1, 0.15) is 0 Å². The minimum Gasteiger partial charge on any atom is -0.374 e. The van der Waals surface area contributed by atoms with Crippen LogP contribution < -0.4 is 11.2 Å². The Labute approximate surface area is 181 Å². The van der Waals surface area contributed by atoms with Gasteiger partial charge in [0.15, 0.2) is 11.5 Å². The maximum absolute atomic E-state index is 13.3. The maximum Gasteiger partial charge on any atom is 0.352 e. The minimum absolute atomic E-state index is 0.271. The van der Waals surface area contributed by atoms with Gasteiger partial charge in [0, 0.05) is 26.2 Å². The first kappa shape index (κ1) is 21.0. The Hall–Kier alpha value is -3.22. The van der Waals surface area contributed by atoms with Gasteiger partial charge in [-0.2, -0.15) is 4.98 Å². The largest absolute Gasteiger partial charge is 0.374 e. The predicted octanol–water partition coefficient (Wildman–Crippen LogP) is 3.25. The van der Waals surface area contributed by atoms with Crippen LogP contribution in [0.3, 0.4) is 0 Å². The molecule has 1 aromatic rings. The highest BCUT2D eigenvalue weighted by Crippen LogP contribution is 2.24. The summed E-state index contributed by atoms with van der Waals surface area (Å²) in [6, 6.07) is 4.09. The molecular formula is C24H29N5O2. The van der Waals surface area contributed by atoms with Crippen molar-refractivity contribution in [2.24, 2.45) is 0 Å². The number of unbranched alkanes of at least 4 members (excludes halogenated alkanes) is 1. The monoisotopic (exact) mass is 419 g/mol. The Morgan fingerprint density at radius 2 is 1.71 bits per heavy atom. The van der Waals surface area contributed by atoms with Gasteiger partial charge in [-0.3, -0.25) is 9.36 Å². The molecule has 0 saturated heterocycles. The summed E-state index contributed by atoms with van der Waals surface area (Å²) >= 11 is 0. The molecule has 0 aromatic heterocycles. The van der Waals surface area contributed by atoms with Crippen molar-refractivity contribution >= 4 is 11.0 Å². The van der Waals surface area contributed by atoms with Gasteiger partial charge >= 0.3 is 5.69 Å². The van der Waals surface area contributed by atoms with Crippen LogP contribution in [0.4, 0.5) is 0 Å². The minimum atomic E-state index is -0.498. The molecule has 162 valence electrons. The van der Waals surface area contributed by atoms with Crippen molar-refractivity contribution in [3.63, 3.8) is 0 Å². The third-order valence-electron chi connectivity index (χ3n) is 5.91. The van der Waals surface area contributed by atoms with E-state index >= 15 is 0 Å². The summed E-state index contributed by atoms with van der Waals surface area (Å²) in [7, 11) is 0. The second-order valence-corrected chi connectivity index (χ2v) is 8.18. The molecule has 3 aliphatic heterocycles. The van der Waals surface area contributed by atoms with Crippen LogP contribution in [-0.4, -0.2) is 37.1 Å². The quantitative estimate of drug-likeness (QED) is 0.550. The zero-order valence-electron chi connectivity index (χ0n) is 18.5. The van der Waals surface area contributed by atoms with E-state index < -0.39 is 5.69 Å². The van der Waals surface area contributed by atoms with Gasteiger partial charge in [-0.15, -0.1) is 0 Å². The number of fused-ring (bicyclic) bond motifs is 2. The standard InChI is InChI=1S/C24H29N5O2/c1-4-5-13-28-20-16-18(3)17(2)15-19(20)25-21-22(28)26-24(31)29(23(21)30)14-9-12-27-10-7-6-8-11-27/h6-8,10,15-16H,4-5,9,11-14H2,1-3H3. The van der Waals surface area contributed by atoms with Crippen molar-refractivity contribution in [3.05, 3.63) is 68.5 Å². The van der Waals surface area contributed by atoms with E-state index in [2.05, 4.69) is 40.9 Å². The molecule has 3 aliphatic rings. The number of nitrogens with zero attached hydrogens (tertiary/aromatic N) is 5. The van der Waals surface area contributed by atoms with Crippen LogP contribution in [0.2, 0.25) is 0 Å². The lowest BCUT2D eigenvalue weighted by atomic mass is 10.1. The second-order valence-electron chi connectivity index (χ2n) is 8.18. The van der Waals surface area contributed by atoms with Gasteiger partial charge in [0.05, 0.1) is 11.0 Å². The lowest BCUT2D eigenvalue weighted by Gasteiger charge is -2.21. The van der Waals surface area contributed by atoms with Crippen molar-refractivity contribution in [1.29, 1.82) is 0 Å². The number of aromatic nitrogens is 4. The van der Waals surface area contributed by atoms with Crippen molar-refractivity contribution in [2.45, 2.75) is 53.1 Å². The molecule has 0 N–H and O–H groups in total. The fourth-order valence-electron chi connectivity index (χ4n) is 3.97. The molecule has 0 aliphatic carbocycles. The predicted molar refractivity (Wildman–Crippen MR) is 124 cm³/mol. The molecule has 3 heterocycles. The van der Waals surface area contributed by atoms with E-state index in [0.29, 0.717) is 25.3 Å². The fraction of sp³-hybridized carbons (Fsp3) is 0.417. The Bertz CT molecular complexity index is 1250. The van der Waals surface area contributed by atoms with Gasteiger partial charge in [0.2, 0.25) is 0 Å². The first-order chi connectivity index (χ1) is 15.0. The number of allylic oxidation sites excluding steroid dienone is 2. The van der Waals surface area contributed by atoms with Crippen LogP contribution in [0.5, 0.6) is 0 Å². The van der Waals surface area contributed by atoms with Gasteiger partial charge < -0.3 is 9.47 Å². The molecule has 31 heavy (non-hydrogen) atoms. The highest BCUT2D eigenvalue weighted by molar-refractivity contribution is 5.81. The van der Waals surface area contributed by atoms with E-state index in [9.17, 15) is 9.59 Å². The summed E-state index contributed by atoms with van der Waals surface area (Å²) < 4.78 is 3.22. The molecule has 1 aromatic carbocycles. The van der Waals surface area contributed by atoms with E-state index in [1.54, 1.807) is 0 Å². The molecule has 4 rings (SSSR count). The van der Waals surface area contributed by atoms with Crippen molar-refractivity contribution < 1.29 is 0 Å². The second kappa shape index (κ2) is 8.88. The Kier molecular flexibility index (Phi) is 6.02. The zero-order valence-corrected chi connectivity index (χ0v) is 18.5. The number of benzene rings is 1. The summed E-state index contributed by atoms with van der Waals surface area (Å²) in [5.74, 6) is 0.388. The van der Waals surface area contributed by atoms with Crippen LogP contribution in [0.25, 0.3) is 22.6 Å². The molecule has 7 heteroatoms. The Balaban J connectivity index is 1.77. The average molecular weight is 420 g/mol. The normalized spacial score (nSPS) is 13.6. The summed E-state index contributed by atoms with van der Waals surface area (Å²) in [4.78, 5) is 37.2. The fourth-order valence-corrected chi connectivity index (χ4v) is 3.97. The molecule has 0 saturated carbocycles. The molecule has 0 amide bonds. The van der Waals surface area contributed by atoms with Crippen LogP contribution in [-0.2, 0) is 13.1 Å². The number of rotatable bonds is 7. The van der Waals surface area contributed by atoms with Gasteiger partial charge in [-0.05, 0) is 62.2 Å². The Morgan fingerprint density at radius 3 is 2.45 bits per heavy atom. The smallest absolute Gasteiger partial charge is 0.352 e. The van der Waals surface area contributed by atoms with E-state index in [0.717, 1.165) is 48.1 Å². The van der Waals surface area contributed by atoms with Gasteiger partial charge in [0.25, 0.3) is 5.56 Å². The van der Waals surface area contributed by atoms with Crippen LogP contribution in [0, 0.1) is 13.8 Å². The van der Waals surface area contributed by atoms with Gasteiger partial charge in [-0.1, -0.05) is 25.5 Å². The molecule has 0 fully saturated rings. The summed E-state index contributed by atoms with van der Waals surface area (Å²) in [6.45, 7) is 8.85. The molecule has 0 atom stereocenters. The van der Waals surface area contributed by atoms with Crippen LogP contribution >= 0.6 is 0 Å². The van der Waals surface area contributed by atoms with Crippen molar-refractivity contribution in [3.8, 4) is 11.5 Å². The molecule has 7 nitrogen and oxygen atoms in total. The molecule has 0 spiro atoms. The highest BCUT2D eigenvalue weighted by atomic mass is 16.2. The van der Waals surface area contributed by atoms with Crippen molar-refractivity contribution in [2.75, 3.05) is 13.1 Å².